The fourth-order valence-corrected chi connectivity index (χ4v) is 2.70. The average molecular weight is 387 g/mol. The van der Waals surface area contributed by atoms with Crippen molar-refractivity contribution >= 4 is 23.5 Å². The summed E-state index contributed by atoms with van der Waals surface area (Å²) in [6.07, 6.45) is -0.960. The van der Waals surface area contributed by atoms with Crippen LogP contribution in [0.3, 0.4) is 0 Å². The normalized spacial score (nSPS) is 13.2. The van der Waals surface area contributed by atoms with E-state index in [0.29, 0.717) is 5.56 Å². The van der Waals surface area contributed by atoms with Crippen molar-refractivity contribution in [2.24, 2.45) is 0 Å². The second-order valence-corrected chi connectivity index (χ2v) is 5.98. The number of aromatic nitrogens is 2. The summed E-state index contributed by atoms with van der Waals surface area (Å²) in [6, 6.07) is 4.91. The Morgan fingerprint density at radius 1 is 1.42 bits per heavy atom. The van der Waals surface area contributed by atoms with Gasteiger partial charge in [-0.2, -0.15) is 0 Å². The van der Waals surface area contributed by atoms with Crippen molar-refractivity contribution in [3.63, 3.8) is 0 Å². The number of hydrogen-bond donors (Lipinski definition) is 3. The minimum Gasteiger partial charge on any atom is -0.465 e. The first-order chi connectivity index (χ1) is 12.2. The minimum absolute atomic E-state index is 0.0198. The van der Waals surface area contributed by atoms with E-state index < -0.39 is 34.8 Å². The van der Waals surface area contributed by atoms with Crippen LogP contribution >= 0.6 is 11.6 Å². The van der Waals surface area contributed by atoms with Gasteiger partial charge < -0.3 is 25.6 Å². The van der Waals surface area contributed by atoms with Crippen molar-refractivity contribution < 1.29 is 24.3 Å². The molecule has 140 valence electrons. The third-order valence-corrected chi connectivity index (χ3v) is 3.89. The maximum atomic E-state index is 13.0. The Labute approximate surface area is 152 Å². The van der Waals surface area contributed by atoms with Gasteiger partial charge in [-0.05, 0) is 52.0 Å². The fourth-order valence-electron chi connectivity index (χ4n) is 2.50. The van der Waals surface area contributed by atoms with E-state index in [1.807, 2.05) is 0 Å². The van der Waals surface area contributed by atoms with E-state index in [1.165, 1.54) is 28.8 Å². The molecule has 0 aliphatic rings. The predicted molar refractivity (Wildman–Crippen MR) is 89.6 cm³/mol. The molecular weight excluding hydrogens is 371 g/mol. The number of nitro groups is 1. The first-order valence-electron chi connectivity index (χ1n) is 7.53. The molecule has 1 aromatic carbocycles. The van der Waals surface area contributed by atoms with Gasteiger partial charge in [-0.15, -0.1) is 0 Å². The third-order valence-electron chi connectivity index (χ3n) is 3.59. The number of amides is 1. The molecule has 0 fully saturated rings. The number of carbonyl (C=O) groups is 1. The molecule has 0 radical (unpaired) electrons. The van der Waals surface area contributed by atoms with Crippen molar-refractivity contribution in [2.75, 3.05) is 0 Å². The molecule has 2 unspecified atom stereocenters. The van der Waals surface area contributed by atoms with Crippen LogP contribution in [0.5, 0.6) is 0 Å². The van der Waals surface area contributed by atoms with Crippen LogP contribution in [0.1, 0.15) is 12.0 Å². The smallest absolute Gasteiger partial charge is 0.404 e. The number of aliphatic hydroxyl groups excluding tert-OH is 1. The molecule has 0 spiro atoms. The topological polar surface area (TPSA) is 131 Å². The lowest BCUT2D eigenvalue weighted by Crippen LogP contribution is -2.38. The molecule has 1 heterocycles. The van der Waals surface area contributed by atoms with Crippen molar-refractivity contribution in [3.8, 4) is 0 Å². The van der Waals surface area contributed by atoms with Crippen molar-refractivity contribution in [1.29, 1.82) is 0 Å². The first-order valence-corrected chi connectivity index (χ1v) is 7.91. The number of nitrogens with zero attached hydrogens (tertiary/aromatic N) is 3. The Morgan fingerprint density at radius 2 is 2.08 bits per heavy atom. The lowest BCUT2D eigenvalue weighted by atomic mass is 10.0. The van der Waals surface area contributed by atoms with Gasteiger partial charge in [0.05, 0.1) is 12.6 Å². The SMILES string of the molecule is O=C(O)NC(Cc1ccc(F)cc1)CC(O)Cn1cc([N+](=O)[O-])nc1Cl. The largest absolute Gasteiger partial charge is 0.465 e. The average Bonchev–Trinajstić information content (AvgIpc) is 2.90. The van der Waals surface area contributed by atoms with E-state index in [0.717, 1.165) is 6.20 Å². The highest BCUT2D eigenvalue weighted by Crippen LogP contribution is 2.17. The highest BCUT2D eigenvalue weighted by Gasteiger charge is 2.22. The number of carboxylic acid groups (broad SMARTS) is 1. The quantitative estimate of drug-likeness (QED) is 0.471. The fraction of sp³-hybridized carbons (Fsp3) is 0.333. The van der Waals surface area contributed by atoms with E-state index in [2.05, 4.69) is 10.3 Å². The second kappa shape index (κ2) is 8.59. The Morgan fingerprint density at radius 3 is 2.62 bits per heavy atom. The van der Waals surface area contributed by atoms with Gasteiger partial charge in [0.25, 0.3) is 0 Å². The monoisotopic (exact) mass is 386 g/mol. The maximum Gasteiger partial charge on any atom is 0.404 e. The molecule has 3 N–H and O–H groups in total. The van der Waals surface area contributed by atoms with Gasteiger partial charge in [0, 0.05) is 6.04 Å². The van der Waals surface area contributed by atoms with Crippen LogP contribution in [0.4, 0.5) is 15.0 Å². The second-order valence-electron chi connectivity index (χ2n) is 5.64. The molecular formula is C15H16ClFN4O5. The summed E-state index contributed by atoms with van der Waals surface area (Å²) in [7, 11) is 0. The van der Waals surface area contributed by atoms with Gasteiger partial charge >= 0.3 is 17.2 Å². The highest BCUT2D eigenvalue weighted by molar-refractivity contribution is 6.28. The third kappa shape index (κ3) is 5.67. The number of nitrogens with one attached hydrogen (secondary N) is 1. The Hall–Kier alpha value is -2.72. The number of imidazole rings is 1. The number of halogens is 2. The highest BCUT2D eigenvalue weighted by atomic mass is 35.5. The number of rotatable bonds is 8. The molecule has 2 aromatic rings. The van der Waals surface area contributed by atoms with Gasteiger partial charge in [0.15, 0.2) is 0 Å². The summed E-state index contributed by atoms with van der Waals surface area (Å²) < 4.78 is 14.2. The molecule has 11 heteroatoms. The van der Waals surface area contributed by atoms with E-state index in [4.69, 9.17) is 16.7 Å². The molecule has 0 aliphatic carbocycles. The van der Waals surface area contributed by atoms with Crippen LogP contribution in [-0.4, -0.2) is 42.9 Å². The molecule has 26 heavy (non-hydrogen) atoms. The van der Waals surface area contributed by atoms with Crippen LogP contribution in [0.15, 0.2) is 30.5 Å². The van der Waals surface area contributed by atoms with Crippen molar-refractivity contribution in [1.82, 2.24) is 14.9 Å². The number of benzene rings is 1. The lowest BCUT2D eigenvalue weighted by molar-refractivity contribution is -0.389. The number of aliphatic hydroxyl groups is 1. The zero-order valence-electron chi connectivity index (χ0n) is 13.4. The summed E-state index contributed by atoms with van der Waals surface area (Å²) in [5.74, 6) is -0.860. The Bertz CT molecular complexity index is 783. The van der Waals surface area contributed by atoms with Gasteiger partial charge in [0.2, 0.25) is 0 Å². The Kier molecular flexibility index (Phi) is 6.47. The molecule has 9 nitrogen and oxygen atoms in total. The summed E-state index contributed by atoms with van der Waals surface area (Å²) in [5, 5.41) is 32.0. The predicted octanol–water partition coefficient (Wildman–Crippen LogP) is 2.21. The standard InChI is InChI=1S/C15H16ClFN4O5/c16-14-19-13(21(25)26)8-20(14)7-12(22)6-11(18-15(23)24)5-9-1-3-10(17)4-2-9/h1-4,8,11-12,18,22H,5-7H2,(H,23,24). The molecule has 1 aromatic heterocycles. The summed E-state index contributed by atoms with van der Waals surface area (Å²) >= 11 is 5.79. The van der Waals surface area contributed by atoms with Gasteiger partial charge in [0.1, 0.15) is 12.0 Å². The summed E-state index contributed by atoms with van der Waals surface area (Å²) in [5.41, 5.74) is 0.689. The van der Waals surface area contributed by atoms with E-state index in [-0.39, 0.29) is 24.7 Å². The summed E-state index contributed by atoms with van der Waals surface area (Å²) in [4.78, 5) is 24.5. The lowest BCUT2D eigenvalue weighted by Gasteiger charge is -2.20. The van der Waals surface area contributed by atoms with E-state index in [9.17, 15) is 24.4 Å². The molecule has 2 rings (SSSR count). The van der Waals surface area contributed by atoms with Crippen molar-refractivity contribution in [3.05, 3.63) is 57.2 Å². The molecule has 1 amide bonds. The summed E-state index contributed by atoms with van der Waals surface area (Å²) in [6.45, 7) is -0.0963. The van der Waals surface area contributed by atoms with Gasteiger partial charge in [-0.25, -0.2) is 9.18 Å². The van der Waals surface area contributed by atoms with E-state index >= 15 is 0 Å². The minimum atomic E-state index is -1.26. The molecule has 0 saturated heterocycles. The molecule has 0 saturated carbocycles. The Balaban J connectivity index is 2.03. The molecule has 0 bridgehead atoms. The zero-order valence-corrected chi connectivity index (χ0v) is 14.1. The van der Waals surface area contributed by atoms with Crippen LogP contribution in [0.25, 0.3) is 0 Å². The zero-order chi connectivity index (χ0) is 19.3. The molecule has 2 atom stereocenters. The van der Waals surface area contributed by atoms with Gasteiger partial charge in [-0.1, -0.05) is 12.1 Å². The van der Waals surface area contributed by atoms with Crippen LogP contribution in [-0.2, 0) is 13.0 Å². The van der Waals surface area contributed by atoms with Crippen LogP contribution in [0.2, 0.25) is 5.28 Å². The van der Waals surface area contributed by atoms with Crippen molar-refractivity contribution in [2.45, 2.75) is 31.5 Å². The maximum absolute atomic E-state index is 13.0. The number of hydrogen-bond acceptors (Lipinski definition) is 5. The van der Waals surface area contributed by atoms with E-state index in [1.54, 1.807) is 0 Å². The van der Waals surface area contributed by atoms with Crippen LogP contribution in [0, 0.1) is 15.9 Å². The molecule has 0 aliphatic heterocycles. The van der Waals surface area contributed by atoms with Crippen LogP contribution < -0.4 is 5.32 Å². The van der Waals surface area contributed by atoms with Gasteiger partial charge in [-0.3, -0.25) is 4.57 Å². The first kappa shape index (κ1) is 19.6.